The zero-order chi connectivity index (χ0) is 57.7. The number of hydrogen-bond acceptors (Lipinski definition) is 12. The zero-order valence-corrected chi connectivity index (χ0v) is 48.1. The average molecular weight is 1120 g/mol. The average Bonchev–Trinajstić information content (AvgIpc) is 3.53. The maximum absolute atomic E-state index is 13.4. The molecule has 0 radical (unpaired) electrons. The van der Waals surface area contributed by atoms with Crippen LogP contribution in [0.15, 0.2) is 141 Å². The standard InChI is InChI=1S/C70H84O12/c1-4-45-80-70(75)61-37-42-64(81-68(73)43-19-51-15-21-53(22-16-51)55-25-29-57(30-26-55)59-33-38-62(39-34-59)76-46-11-7-9-13-48-78-66(71)5-2)65(50-61)82-69(74)44-20-52-17-23-54(24-18-52)56-27-31-58(32-28-56)60-35-40-63(41-36-60)77-47-12-8-10-14-49-79-67(72)6-3/h5-6,25-42,50-54H,2-4,7-24,43-49H2,1H3. The molecular weight excluding hydrogens is 1030 g/mol. The van der Waals surface area contributed by atoms with E-state index in [4.69, 9.17) is 33.2 Å². The Labute approximate surface area is 485 Å². The lowest BCUT2D eigenvalue weighted by Crippen LogP contribution is -2.18. The lowest BCUT2D eigenvalue weighted by atomic mass is 9.77. The van der Waals surface area contributed by atoms with Crippen molar-refractivity contribution in [2.45, 2.75) is 154 Å². The smallest absolute Gasteiger partial charge is 0.338 e. The fraction of sp³-hybridized carbons (Fsp3) is 0.443. The zero-order valence-electron chi connectivity index (χ0n) is 48.1. The molecule has 2 saturated carbocycles. The second-order valence-electron chi connectivity index (χ2n) is 21.8. The fourth-order valence-corrected chi connectivity index (χ4v) is 11.0. The van der Waals surface area contributed by atoms with Gasteiger partial charge in [0.25, 0.3) is 0 Å². The summed E-state index contributed by atoms with van der Waals surface area (Å²) >= 11 is 0. The van der Waals surface area contributed by atoms with E-state index in [-0.39, 0.29) is 48.4 Å². The number of carbonyl (C=O) groups excluding carboxylic acids is 5. The summed E-state index contributed by atoms with van der Waals surface area (Å²) in [7, 11) is 0. The first-order chi connectivity index (χ1) is 40.1. The lowest BCUT2D eigenvalue weighted by Gasteiger charge is -2.29. The first-order valence-electron chi connectivity index (χ1n) is 30.0. The predicted octanol–water partition coefficient (Wildman–Crippen LogP) is 16.2. The molecule has 0 bridgehead atoms. The summed E-state index contributed by atoms with van der Waals surface area (Å²) in [6.45, 7) is 11.1. The van der Waals surface area contributed by atoms with Crippen LogP contribution in [-0.2, 0) is 33.4 Å². The van der Waals surface area contributed by atoms with Crippen LogP contribution in [0.2, 0.25) is 0 Å². The molecule has 0 aromatic heterocycles. The lowest BCUT2D eigenvalue weighted by molar-refractivity contribution is -0.138. The van der Waals surface area contributed by atoms with Gasteiger partial charge < -0.3 is 33.2 Å². The third-order valence-corrected chi connectivity index (χ3v) is 15.8. The van der Waals surface area contributed by atoms with Crippen LogP contribution in [0, 0.1) is 11.8 Å². The highest BCUT2D eigenvalue weighted by Gasteiger charge is 2.26. The number of esters is 5. The maximum Gasteiger partial charge on any atom is 0.338 e. The molecule has 12 nitrogen and oxygen atoms in total. The van der Waals surface area contributed by atoms with Crippen molar-refractivity contribution in [1.82, 2.24) is 0 Å². The van der Waals surface area contributed by atoms with Crippen molar-refractivity contribution in [2.24, 2.45) is 11.8 Å². The summed E-state index contributed by atoms with van der Waals surface area (Å²) in [5, 5.41) is 0. The van der Waals surface area contributed by atoms with Gasteiger partial charge in [-0.25, -0.2) is 14.4 Å². The van der Waals surface area contributed by atoms with Crippen molar-refractivity contribution < 1.29 is 57.1 Å². The van der Waals surface area contributed by atoms with E-state index >= 15 is 0 Å². The van der Waals surface area contributed by atoms with Gasteiger partial charge in [0, 0.05) is 25.0 Å². The minimum absolute atomic E-state index is 0.0465. The van der Waals surface area contributed by atoms with E-state index in [0.717, 1.165) is 136 Å². The van der Waals surface area contributed by atoms with Gasteiger partial charge in [0.15, 0.2) is 11.5 Å². The van der Waals surface area contributed by atoms with E-state index in [2.05, 4.69) is 86.0 Å². The van der Waals surface area contributed by atoms with Crippen LogP contribution in [0.1, 0.15) is 175 Å². The number of hydrogen-bond donors (Lipinski definition) is 0. The number of unbranched alkanes of at least 4 members (excludes halogenated alkanes) is 6. The monoisotopic (exact) mass is 1120 g/mol. The van der Waals surface area contributed by atoms with Crippen molar-refractivity contribution in [1.29, 1.82) is 0 Å². The second-order valence-corrected chi connectivity index (χ2v) is 21.8. The van der Waals surface area contributed by atoms with Gasteiger partial charge in [0.1, 0.15) is 11.5 Å². The van der Waals surface area contributed by atoms with Crippen LogP contribution in [0.5, 0.6) is 23.0 Å². The number of ether oxygens (including phenoxy) is 7. The third kappa shape index (κ3) is 20.8. The van der Waals surface area contributed by atoms with Gasteiger partial charge in [-0.1, -0.05) is 92.9 Å². The molecule has 82 heavy (non-hydrogen) atoms. The van der Waals surface area contributed by atoms with Crippen LogP contribution in [0.3, 0.4) is 0 Å². The molecule has 436 valence electrons. The quantitative estimate of drug-likeness (QED) is 0.0129. The van der Waals surface area contributed by atoms with E-state index in [1.165, 1.54) is 35.4 Å². The Bertz CT molecular complexity index is 2780. The molecule has 5 aromatic carbocycles. The van der Waals surface area contributed by atoms with Gasteiger partial charge >= 0.3 is 29.8 Å². The maximum atomic E-state index is 13.4. The van der Waals surface area contributed by atoms with Crippen molar-refractivity contribution in [3.63, 3.8) is 0 Å². The van der Waals surface area contributed by atoms with E-state index in [1.54, 1.807) is 6.07 Å². The highest BCUT2D eigenvalue weighted by molar-refractivity contribution is 5.91. The van der Waals surface area contributed by atoms with Crippen LogP contribution >= 0.6 is 0 Å². The first-order valence-corrected chi connectivity index (χ1v) is 30.0. The summed E-state index contributed by atoms with van der Waals surface area (Å²) in [5.41, 5.74) is 7.48. The number of rotatable bonds is 33. The number of carbonyl (C=O) groups is 5. The summed E-state index contributed by atoms with van der Waals surface area (Å²) in [5.74, 6) is 1.47. The van der Waals surface area contributed by atoms with E-state index in [0.29, 0.717) is 69.4 Å². The van der Waals surface area contributed by atoms with E-state index < -0.39 is 17.9 Å². The van der Waals surface area contributed by atoms with Gasteiger partial charge in [-0.2, -0.15) is 0 Å². The minimum atomic E-state index is -0.531. The molecule has 7 rings (SSSR count). The van der Waals surface area contributed by atoms with Crippen molar-refractivity contribution in [3.05, 3.63) is 157 Å². The summed E-state index contributed by atoms with van der Waals surface area (Å²) in [6.07, 6.45) is 20.7. The van der Waals surface area contributed by atoms with Crippen molar-refractivity contribution >= 4 is 29.8 Å². The molecule has 2 fully saturated rings. The molecule has 0 atom stereocenters. The highest BCUT2D eigenvalue weighted by Crippen LogP contribution is 2.40. The van der Waals surface area contributed by atoms with Crippen molar-refractivity contribution in [2.75, 3.05) is 33.0 Å². The van der Waals surface area contributed by atoms with E-state index in [9.17, 15) is 24.0 Å². The topological polar surface area (TPSA) is 150 Å². The van der Waals surface area contributed by atoms with Gasteiger partial charge in [0.05, 0.1) is 38.6 Å². The summed E-state index contributed by atoms with van der Waals surface area (Å²) in [4.78, 5) is 62.0. The fourth-order valence-electron chi connectivity index (χ4n) is 11.0. The predicted molar refractivity (Wildman–Crippen MR) is 320 cm³/mol. The SMILES string of the molecule is C=CC(=O)OCCCCCCOc1ccc(-c2ccc(C3CCC(CCC(=O)Oc4ccc(C(=O)OCCC)cc4OC(=O)CCC4CCC(c5ccc(-c6ccc(OCCCCCCOC(=O)C=C)cc6)cc5)CC4)CC3)cc2)cc1. The van der Waals surface area contributed by atoms with Crippen LogP contribution < -0.4 is 18.9 Å². The second kappa shape index (κ2) is 34.1. The summed E-state index contributed by atoms with van der Waals surface area (Å²) < 4.78 is 39.1. The molecule has 0 unspecified atom stereocenters. The van der Waals surface area contributed by atoms with Crippen LogP contribution in [-0.4, -0.2) is 62.9 Å². The molecule has 0 aliphatic heterocycles. The normalized spacial score (nSPS) is 16.7. The number of benzene rings is 5. The highest BCUT2D eigenvalue weighted by atomic mass is 16.6. The van der Waals surface area contributed by atoms with Gasteiger partial charge in [-0.3, -0.25) is 9.59 Å². The third-order valence-electron chi connectivity index (χ3n) is 15.8. The Morgan fingerprint density at radius 3 is 1.23 bits per heavy atom. The Kier molecular flexibility index (Phi) is 25.8. The molecule has 0 spiro atoms. The molecular formula is C70H84O12. The van der Waals surface area contributed by atoms with Crippen LogP contribution in [0.25, 0.3) is 22.3 Å². The van der Waals surface area contributed by atoms with Crippen LogP contribution in [0.4, 0.5) is 0 Å². The van der Waals surface area contributed by atoms with Gasteiger partial charge in [-0.05, 0) is 222 Å². The Morgan fingerprint density at radius 2 is 0.829 bits per heavy atom. The van der Waals surface area contributed by atoms with Crippen molar-refractivity contribution in [3.8, 4) is 45.3 Å². The Morgan fingerprint density at radius 1 is 0.439 bits per heavy atom. The molecule has 12 heteroatoms. The largest absolute Gasteiger partial charge is 0.494 e. The Hall–Kier alpha value is -7.47. The molecule has 0 heterocycles. The molecule has 0 amide bonds. The van der Waals surface area contributed by atoms with Gasteiger partial charge in [-0.15, -0.1) is 0 Å². The minimum Gasteiger partial charge on any atom is -0.494 e. The summed E-state index contributed by atoms with van der Waals surface area (Å²) in [6, 6.07) is 38.7. The van der Waals surface area contributed by atoms with E-state index in [1.807, 2.05) is 31.2 Å². The Balaban J connectivity index is 0.797. The molecule has 0 saturated heterocycles. The molecule has 5 aromatic rings. The molecule has 2 aliphatic carbocycles. The molecule has 0 N–H and O–H groups in total. The first kappa shape index (κ1) is 62.1. The van der Waals surface area contributed by atoms with Gasteiger partial charge in [0.2, 0.25) is 0 Å². The molecule has 2 aliphatic rings.